The summed E-state index contributed by atoms with van der Waals surface area (Å²) in [6.45, 7) is 6.50. The molecule has 0 saturated heterocycles. The average Bonchev–Trinajstić information content (AvgIpc) is 3.87. The highest BCUT2D eigenvalue weighted by Crippen LogP contribution is 2.43. The third-order valence-corrected chi connectivity index (χ3v) is 14.9. The van der Waals surface area contributed by atoms with E-state index in [0.29, 0.717) is 5.82 Å². The fourth-order valence-corrected chi connectivity index (χ4v) is 10.9. The van der Waals surface area contributed by atoms with E-state index in [1.807, 2.05) is 36.4 Å². The molecule has 5 nitrogen and oxygen atoms in total. The van der Waals surface area contributed by atoms with Gasteiger partial charge in [0.2, 0.25) is 0 Å². The Balaban J connectivity index is 0.862. The summed E-state index contributed by atoms with van der Waals surface area (Å²) >= 11 is 0. The second-order valence-corrected chi connectivity index (χ2v) is 20.1. The zero-order valence-electron chi connectivity index (χ0n) is 43.8. The van der Waals surface area contributed by atoms with Gasteiger partial charge in [-0.1, -0.05) is 187 Å². The van der Waals surface area contributed by atoms with Crippen LogP contribution in [0.5, 0.6) is 0 Å². The maximum Gasteiger partial charge on any atom is 0.160 e. The number of fused-ring (bicyclic) bond motifs is 3. The molecule has 0 fully saturated rings. The zero-order chi connectivity index (χ0) is 52.5. The first kappa shape index (κ1) is 47.6. The van der Waals surface area contributed by atoms with E-state index in [-0.39, 0.29) is 0 Å². The van der Waals surface area contributed by atoms with Crippen LogP contribution in [-0.2, 0) is 0 Å². The second-order valence-electron chi connectivity index (χ2n) is 20.1. The normalized spacial score (nSPS) is 11.3. The summed E-state index contributed by atoms with van der Waals surface area (Å²) in [6.07, 6.45) is 0. The molecule has 372 valence electrons. The maximum absolute atomic E-state index is 5.06. The van der Waals surface area contributed by atoms with Crippen LogP contribution in [0.3, 0.4) is 0 Å². The van der Waals surface area contributed by atoms with Crippen LogP contribution in [0.15, 0.2) is 279 Å². The molecule has 0 aliphatic heterocycles. The van der Waals surface area contributed by atoms with E-state index in [4.69, 9.17) is 9.97 Å². The van der Waals surface area contributed by atoms with E-state index in [9.17, 15) is 0 Å². The van der Waals surface area contributed by atoms with Gasteiger partial charge < -0.3 is 14.4 Å². The molecule has 11 aromatic carbocycles. The summed E-state index contributed by atoms with van der Waals surface area (Å²) in [5, 5.41) is 2.34. The Hall–Kier alpha value is -10.1. The number of aromatic nitrogens is 3. The van der Waals surface area contributed by atoms with Crippen molar-refractivity contribution >= 4 is 55.9 Å². The molecule has 13 aromatic rings. The van der Waals surface area contributed by atoms with Crippen molar-refractivity contribution in [3.8, 4) is 61.8 Å². The predicted octanol–water partition coefficient (Wildman–Crippen LogP) is 19.8. The van der Waals surface area contributed by atoms with E-state index in [2.05, 4.69) is 278 Å². The van der Waals surface area contributed by atoms with Crippen molar-refractivity contribution in [2.24, 2.45) is 0 Å². The Morgan fingerprint density at radius 2 is 0.692 bits per heavy atom. The van der Waals surface area contributed by atoms with Crippen LogP contribution >= 0.6 is 0 Å². The third-order valence-electron chi connectivity index (χ3n) is 14.9. The molecule has 0 bridgehead atoms. The molecule has 0 amide bonds. The highest BCUT2D eigenvalue weighted by Gasteiger charge is 2.21. The molecule has 5 heteroatoms. The molecule has 78 heavy (non-hydrogen) atoms. The molecule has 13 rings (SSSR count). The van der Waals surface area contributed by atoms with Crippen LogP contribution in [0.1, 0.15) is 16.7 Å². The number of nitrogens with zero attached hydrogens (tertiary/aromatic N) is 5. The van der Waals surface area contributed by atoms with E-state index < -0.39 is 0 Å². The first-order valence-electron chi connectivity index (χ1n) is 26.6. The van der Waals surface area contributed by atoms with E-state index in [1.165, 1.54) is 44.2 Å². The highest BCUT2D eigenvalue weighted by molar-refractivity contribution is 6.12. The van der Waals surface area contributed by atoms with E-state index in [0.717, 1.165) is 84.5 Å². The smallest absolute Gasteiger partial charge is 0.160 e. The topological polar surface area (TPSA) is 37.2 Å². The van der Waals surface area contributed by atoms with Crippen LogP contribution < -0.4 is 9.80 Å². The fourth-order valence-electron chi connectivity index (χ4n) is 10.9. The Morgan fingerprint density at radius 1 is 0.295 bits per heavy atom. The Morgan fingerprint density at radius 3 is 1.18 bits per heavy atom. The molecule has 0 atom stereocenters. The number of hydrogen-bond donors (Lipinski definition) is 0. The first-order chi connectivity index (χ1) is 38.4. The van der Waals surface area contributed by atoms with Crippen molar-refractivity contribution in [2.45, 2.75) is 20.8 Å². The molecular weight excluding hydrogens is 947 g/mol. The molecule has 0 aliphatic carbocycles. The van der Waals surface area contributed by atoms with Crippen LogP contribution in [0, 0.1) is 20.8 Å². The van der Waals surface area contributed by atoms with Crippen LogP contribution in [0.2, 0.25) is 0 Å². The van der Waals surface area contributed by atoms with Gasteiger partial charge in [-0.05, 0) is 152 Å². The van der Waals surface area contributed by atoms with Crippen LogP contribution in [-0.4, -0.2) is 14.5 Å². The molecule has 2 heterocycles. The summed E-state index contributed by atoms with van der Waals surface area (Å²) in [7, 11) is 0. The van der Waals surface area contributed by atoms with Gasteiger partial charge >= 0.3 is 0 Å². The van der Waals surface area contributed by atoms with Crippen molar-refractivity contribution in [3.05, 3.63) is 296 Å². The quantitative estimate of drug-likeness (QED) is 0.122. The Bertz CT molecular complexity index is 4090. The monoisotopic (exact) mass is 1000 g/mol. The van der Waals surface area contributed by atoms with Crippen LogP contribution in [0.4, 0.5) is 34.1 Å². The van der Waals surface area contributed by atoms with Gasteiger partial charge in [0.25, 0.3) is 0 Å². The zero-order valence-corrected chi connectivity index (χ0v) is 43.8. The lowest BCUT2D eigenvalue weighted by Gasteiger charge is -2.26. The summed E-state index contributed by atoms with van der Waals surface area (Å²) in [4.78, 5) is 14.8. The van der Waals surface area contributed by atoms with Gasteiger partial charge in [0, 0.05) is 67.3 Å². The van der Waals surface area contributed by atoms with Crippen molar-refractivity contribution in [3.63, 3.8) is 0 Å². The molecule has 0 spiro atoms. The molecule has 0 aliphatic rings. The summed E-state index contributed by atoms with van der Waals surface area (Å²) in [6, 6.07) is 100. The van der Waals surface area contributed by atoms with Gasteiger partial charge in [-0.25, -0.2) is 9.97 Å². The summed E-state index contributed by atoms with van der Waals surface area (Å²) < 4.78 is 2.42. The Labute approximate surface area is 456 Å². The minimum Gasteiger partial charge on any atom is -0.310 e. The molecule has 0 radical (unpaired) electrons. The summed E-state index contributed by atoms with van der Waals surface area (Å²) in [5.74, 6) is 0.711. The number of aryl methyl sites for hydroxylation is 3. The number of rotatable bonds is 12. The third kappa shape index (κ3) is 9.29. The Kier molecular flexibility index (Phi) is 12.5. The maximum atomic E-state index is 5.06. The summed E-state index contributed by atoms with van der Waals surface area (Å²) in [5.41, 5.74) is 23.2. The number of anilines is 6. The first-order valence-corrected chi connectivity index (χ1v) is 26.6. The standard InChI is InChI=1S/C73H55N5/c1-50-24-35-61(36-25-50)77(62-37-26-51(2)27-38-62)65-42-45-72-68(48-65)67-47-64(76(59-20-12-6-13-21-59)60-22-14-7-15-23-60)41-44-71(67)78(72)63-39-32-54(33-40-63)66-43-34-58(46-52(66)3)53-28-30-56(31-29-53)70-49-69(55-16-8-4-9-17-55)74-73(75-70)57-18-10-5-11-19-57/h4-49H,1-3H3. The molecule has 0 unspecified atom stereocenters. The average molecular weight is 1000 g/mol. The van der Waals surface area contributed by atoms with Crippen molar-refractivity contribution in [1.82, 2.24) is 14.5 Å². The molecule has 0 saturated carbocycles. The lowest BCUT2D eigenvalue weighted by molar-refractivity contribution is 1.18. The van der Waals surface area contributed by atoms with Gasteiger partial charge in [0.15, 0.2) is 5.82 Å². The van der Waals surface area contributed by atoms with E-state index >= 15 is 0 Å². The highest BCUT2D eigenvalue weighted by atomic mass is 15.1. The largest absolute Gasteiger partial charge is 0.310 e. The van der Waals surface area contributed by atoms with Crippen molar-refractivity contribution in [2.75, 3.05) is 9.80 Å². The van der Waals surface area contributed by atoms with Crippen molar-refractivity contribution < 1.29 is 0 Å². The molecule has 2 aromatic heterocycles. The second kappa shape index (κ2) is 20.6. The fraction of sp³-hybridized carbons (Fsp3) is 0.0411. The minimum absolute atomic E-state index is 0.711. The number of hydrogen-bond acceptors (Lipinski definition) is 4. The molecular formula is C73H55N5. The van der Waals surface area contributed by atoms with Gasteiger partial charge in [-0.2, -0.15) is 0 Å². The number of para-hydroxylation sites is 2. The lowest BCUT2D eigenvalue weighted by atomic mass is 9.95. The van der Waals surface area contributed by atoms with Gasteiger partial charge in [-0.15, -0.1) is 0 Å². The SMILES string of the molecule is Cc1ccc(N(c2ccc(C)cc2)c2ccc3c(c2)c2cc(N(c4ccccc4)c4ccccc4)ccc2n3-c2ccc(-c3ccc(-c4ccc(-c5cc(-c6ccccc6)nc(-c6ccccc6)n5)cc4)cc3C)cc2)cc1. The van der Waals surface area contributed by atoms with Gasteiger partial charge in [0.05, 0.1) is 22.4 Å². The van der Waals surface area contributed by atoms with Crippen molar-refractivity contribution in [1.29, 1.82) is 0 Å². The number of benzene rings is 11. The molecule has 0 N–H and O–H groups in total. The predicted molar refractivity (Wildman–Crippen MR) is 327 cm³/mol. The van der Waals surface area contributed by atoms with Crippen LogP contribution in [0.25, 0.3) is 83.6 Å². The van der Waals surface area contributed by atoms with Gasteiger partial charge in [-0.3, -0.25) is 0 Å². The van der Waals surface area contributed by atoms with Gasteiger partial charge in [0.1, 0.15) is 0 Å². The minimum atomic E-state index is 0.711. The van der Waals surface area contributed by atoms with E-state index in [1.54, 1.807) is 0 Å². The lowest BCUT2D eigenvalue weighted by Crippen LogP contribution is -2.10.